The van der Waals surface area contributed by atoms with Crippen LogP contribution in [0, 0.1) is 5.92 Å². The number of halogens is 1. The summed E-state index contributed by atoms with van der Waals surface area (Å²) in [5.41, 5.74) is 2.56. The Morgan fingerprint density at radius 1 is 1.20 bits per heavy atom. The van der Waals surface area contributed by atoms with Crippen molar-refractivity contribution in [3.63, 3.8) is 0 Å². The highest BCUT2D eigenvalue weighted by atomic mass is 35.5. The lowest BCUT2D eigenvalue weighted by molar-refractivity contribution is -0.138. The van der Waals surface area contributed by atoms with Gasteiger partial charge >= 0.3 is 0 Å². The molecule has 2 aliphatic heterocycles. The Bertz CT molecular complexity index is 1090. The van der Waals surface area contributed by atoms with Gasteiger partial charge in [0.05, 0.1) is 13.0 Å². The third-order valence-corrected chi connectivity index (χ3v) is 6.28. The number of methoxy groups -OCH3 is 1. The molecule has 0 aliphatic carbocycles. The number of piperidine rings is 1. The second kappa shape index (κ2) is 7.84. The van der Waals surface area contributed by atoms with Crippen molar-refractivity contribution >= 4 is 28.6 Å². The van der Waals surface area contributed by atoms with E-state index in [2.05, 4.69) is 4.98 Å². The molecule has 0 radical (unpaired) electrons. The third-order valence-electron chi connectivity index (χ3n) is 6.05. The molecule has 1 atom stereocenters. The highest BCUT2D eigenvalue weighted by Gasteiger charge is 2.33. The Hall–Kier alpha value is -2.73. The van der Waals surface area contributed by atoms with Crippen molar-refractivity contribution < 1.29 is 18.7 Å². The lowest BCUT2D eigenvalue weighted by Gasteiger charge is -2.34. The molecule has 0 bridgehead atoms. The molecular formula is C23H23ClN2O4. The van der Waals surface area contributed by atoms with Gasteiger partial charge in [-0.05, 0) is 61.2 Å². The zero-order valence-electron chi connectivity index (χ0n) is 16.8. The average molecular weight is 427 g/mol. The maximum atomic E-state index is 13.1. The van der Waals surface area contributed by atoms with Gasteiger partial charge in [0.15, 0.2) is 11.5 Å². The molecule has 5 rings (SSSR count). The van der Waals surface area contributed by atoms with Crippen molar-refractivity contribution in [2.75, 3.05) is 26.8 Å². The number of aromatic nitrogens is 1. The number of rotatable bonds is 3. The van der Waals surface area contributed by atoms with Gasteiger partial charge in [0.2, 0.25) is 5.91 Å². The molecule has 0 spiro atoms. The molecule has 6 nitrogen and oxygen atoms in total. The van der Waals surface area contributed by atoms with E-state index in [1.807, 2.05) is 35.2 Å². The van der Waals surface area contributed by atoms with E-state index in [0.29, 0.717) is 31.1 Å². The normalized spacial score (nSPS) is 19.4. The Morgan fingerprint density at radius 3 is 2.83 bits per heavy atom. The Labute approximate surface area is 179 Å². The second-order valence-electron chi connectivity index (χ2n) is 7.95. The van der Waals surface area contributed by atoms with Crippen LogP contribution in [-0.2, 0) is 11.2 Å². The van der Waals surface area contributed by atoms with Crippen LogP contribution in [-0.4, -0.2) is 42.6 Å². The van der Waals surface area contributed by atoms with E-state index in [1.165, 1.54) is 0 Å². The Balaban J connectivity index is 1.23. The molecule has 0 N–H and O–H groups in total. The summed E-state index contributed by atoms with van der Waals surface area (Å²) in [4.78, 5) is 19.7. The van der Waals surface area contributed by atoms with E-state index in [0.717, 1.165) is 46.9 Å². The van der Waals surface area contributed by atoms with Gasteiger partial charge in [-0.1, -0.05) is 11.6 Å². The number of nitrogens with zero attached hydrogens (tertiary/aromatic N) is 2. The van der Waals surface area contributed by atoms with Gasteiger partial charge in [0.1, 0.15) is 23.6 Å². The van der Waals surface area contributed by atoms with Crippen molar-refractivity contribution in [3.8, 4) is 11.5 Å². The van der Waals surface area contributed by atoms with Crippen LogP contribution in [0.1, 0.15) is 30.2 Å². The number of carbonyl (C=O) groups is 1. The fourth-order valence-electron chi connectivity index (χ4n) is 4.35. The van der Waals surface area contributed by atoms with Gasteiger partial charge in [-0.25, -0.2) is 4.98 Å². The first-order chi connectivity index (χ1) is 14.6. The van der Waals surface area contributed by atoms with E-state index in [4.69, 9.17) is 25.5 Å². The van der Waals surface area contributed by atoms with Crippen molar-refractivity contribution in [3.05, 3.63) is 52.9 Å². The summed E-state index contributed by atoms with van der Waals surface area (Å²) in [6.07, 6.45) is 2.35. The van der Waals surface area contributed by atoms with Gasteiger partial charge in [-0.2, -0.15) is 0 Å². The second-order valence-corrected chi connectivity index (χ2v) is 8.39. The molecule has 1 aromatic heterocycles. The monoisotopic (exact) mass is 426 g/mol. The van der Waals surface area contributed by atoms with Crippen LogP contribution in [0.15, 0.2) is 40.8 Å². The summed E-state index contributed by atoms with van der Waals surface area (Å²) in [6, 6.07) is 11.2. The highest BCUT2D eigenvalue weighted by molar-refractivity contribution is 6.31. The summed E-state index contributed by atoms with van der Waals surface area (Å²) >= 11 is 6.05. The number of benzene rings is 2. The molecule has 3 heterocycles. The first-order valence-corrected chi connectivity index (χ1v) is 10.6. The van der Waals surface area contributed by atoms with Gasteiger partial charge in [0.25, 0.3) is 0 Å². The zero-order chi connectivity index (χ0) is 20.7. The van der Waals surface area contributed by atoms with Gasteiger partial charge in [-0.15, -0.1) is 0 Å². The molecule has 156 valence electrons. The molecule has 30 heavy (non-hydrogen) atoms. The van der Waals surface area contributed by atoms with Gasteiger partial charge in [-0.3, -0.25) is 4.79 Å². The molecule has 7 heteroatoms. The molecule has 1 unspecified atom stereocenters. The van der Waals surface area contributed by atoms with Crippen LogP contribution < -0.4 is 9.47 Å². The van der Waals surface area contributed by atoms with E-state index < -0.39 is 0 Å². The number of hydrogen-bond acceptors (Lipinski definition) is 5. The minimum absolute atomic E-state index is 0.159. The van der Waals surface area contributed by atoms with E-state index in [1.54, 1.807) is 13.2 Å². The maximum absolute atomic E-state index is 13.1. The first-order valence-electron chi connectivity index (χ1n) is 10.2. The van der Waals surface area contributed by atoms with Crippen LogP contribution in [0.5, 0.6) is 11.5 Å². The molecule has 2 aliphatic rings. The molecule has 0 saturated carbocycles. The predicted octanol–water partition coefficient (Wildman–Crippen LogP) is 4.45. The van der Waals surface area contributed by atoms with E-state index in [9.17, 15) is 4.79 Å². The van der Waals surface area contributed by atoms with Crippen LogP contribution in [0.25, 0.3) is 11.1 Å². The van der Waals surface area contributed by atoms with Gasteiger partial charge < -0.3 is 18.8 Å². The number of fused-ring (bicyclic) bond motifs is 2. The molecule has 3 aromatic rings. The highest BCUT2D eigenvalue weighted by Crippen LogP contribution is 2.34. The van der Waals surface area contributed by atoms with Crippen LogP contribution >= 0.6 is 11.6 Å². The van der Waals surface area contributed by atoms with E-state index in [-0.39, 0.29) is 17.7 Å². The number of ether oxygens (including phenoxy) is 2. The van der Waals surface area contributed by atoms with E-state index >= 15 is 0 Å². The molecular weight excluding hydrogens is 404 g/mol. The molecule has 1 amide bonds. The van der Waals surface area contributed by atoms with Crippen LogP contribution in [0.2, 0.25) is 5.02 Å². The topological polar surface area (TPSA) is 64.8 Å². The SMILES string of the molecule is COc1ccc2c(c1)CC(C(=O)N1CCC(c3nc4cc(Cl)ccc4o3)CC1)CO2. The average Bonchev–Trinajstić information content (AvgIpc) is 3.21. The number of hydrogen-bond donors (Lipinski definition) is 0. The van der Waals surface area contributed by atoms with Crippen molar-refractivity contribution in [2.45, 2.75) is 25.2 Å². The maximum Gasteiger partial charge on any atom is 0.229 e. The number of carbonyl (C=O) groups excluding carboxylic acids is 1. The molecule has 2 aromatic carbocycles. The lowest BCUT2D eigenvalue weighted by atomic mass is 9.92. The summed E-state index contributed by atoms with van der Waals surface area (Å²) < 4.78 is 17.1. The van der Waals surface area contributed by atoms with Crippen molar-refractivity contribution in [1.29, 1.82) is 0 Å². The Kier molecular flexibility index (Phi) is 5.03. The predicted molar refractivity (Wildman–Crippen MR) is 113 cm³/mol. The minimum atomic E-state index is -0.160. The number of likely N-dealkylation sites (tertiary alicyclic amines) is 1. The number of amides is 1. The smallest absolute Gasteiger partial charge is 0.229 e. The molecule has 1 saturated heterocycles. The largest absolute Gasteiger partial charge is 0.497 e. The summed E-state index contributed by atoms with van der Waals surface area (Å²) in [5, 5.41) is 0.650. The Morgan fingerprint density at radius 2 is 2.03 bits per heavy atom. The van der Waals surface area contributed by atoms with Gasteiger partial charge in [0, 0.05) is 24.0 Å². The third kappa shape index (κ3) is 3.60. The quantitative estimate of drug-likeness (QED) is 0.619. The van der Waals surface area contributed by atoms with Crippen LogP contribution in [0.3, 0.4) is 0 Å². The fourth-order valence-corrected chi connectivity index (χ4v) is 4.52. The standard InChI is InChI=1S/C23H23ClN2O4/c1-28-18-3-5-20-15(11-18)10-16(13-29-20)23(27)26-8-6-14(7-9-26)22-25-19-12-17(24)2-4-21(19)30-22/h2-5,11-12,14,16H,6-10,13H2,1H3. The summed E-state index contributed by atoms with van der Waals surface area (Å²) in [7, 11) is 1.64. The van der Waals surface area contributed by atoms with Crippen LogP contribution in [0.4, 0.5) is 0 Å². The summed E-state index contributed by atoms with van der Waals surface area (Å²) in [5.74, 6) is 2.58. The lowest BCUT2D eigenvalue weighted by Crippen LogP contribution is -2.44. The minimum Gasteiger partial charge on any atom is -0.497 e. The first kappa shape index (κ1) is 19.2. The fraction of sp³-hybridized carbons (Fsp3) is 0.391. The zero-order valence-corrected chi connectivity index (χ0v) is 17.5. The molecule has 1 fully saturated rings. The summed E-state index contributed by atoms with van der Waals surface area (Å²) in [6.45, 7) is 1.82. The number of oxazole rings is 1. The van der Waals surface area contributed by atoms with Crippen molar-refractivity contribution in [1.82, 2.24) is 9.88 Å². The van der Waals surface area contributed by atoms with Crippen molar-refractivity contribution in [2.24, 2.45) is 5.92 Å².